The predicted octanol–water partition coefficient (Wildman–Crippen LogP) is 6.56. The van der Waals surface area contributed by atoms with E-state index in [-0.39, 0.29) is 10.7 Å². The molecule has 1 amide bonds. The van der Waals surface area contributed by atoms with Gasteiger partial charge in [0.15, 0.2) is 0 Å². The van der Waals surface area contributed by atoms with E-state index in [0.29, 0.717) is 21.7 Å². The first kappa shape index (κ1) is 24.0. The van der Waals surface area contributed by atoms with Crippen molar-refractivity contribution in [2.45, 2.75) is 32.5 Å². The van der Waals surface area contributed by atoms with E-state index in [2.05, 4.69) is 24.1 Å². The number of carbonyl (C=O) groups excluding carboxylic acids is 1. The Morgan fingerprint density at radius 3 is 2.53 bits per heavy atom. The van der Waals surface area contributed by atoms with Crippen molar-refractivity contribution in [3.63, 3.8) is 0 Å². The summed E-state index contributed by atoms with van der Waals surface area (Å²) in [5.74, 6) is -0.335. The first-order chi connectivity index (χ1) is 16.0. The molecule has 1 N–H and O–H groups in total. The Labute approximate surface area is 201 Å². The third-order valence-electron chi connectivity index (χ3n) is 5.33. The number of hydrogen-bond donors (Lipinski definition) is 1. The summed E-state index contributed by atoms with van der Waals surface area (Å²) in [5, 5.41) is 4.53. The molecule has 0 bridgehead atoms. The minimum atomic E-state index is -4.58. The lowest BCUT2D eigenvalue weighted by molar-refractivity contribution is -0.137. The van der Waals surface area contributed by atoms with Crippen LogP contribution in [-0.4, -0.2) is 15.5 Å². The molecule has 4 aromatic rings. The van der Waals surface area contributed by atoms with Crippen molar-refractivity contribution < 1.29 is 18.0 Å². The summed E-state index contributed by atoms with van der Waals surface area (Å²) in [6.07, 6.45) is -3.33. The maximum Gasteiger partial charge on any atom is 0.416 e. The maximum absolute atomic E-state index is 13.2. The molecular formula is C24H19ClF3N3O2S. The third kappa shape index (κ3) is 4.85. The summed E-state index contributed by atoms with van der Waals surface area (Å²) in [6.45, 7) is 3.75. The summed E-state index contributed by atoms with van der Waals surface area (Å²) < 4.78 is 40.1. The fourth-order valence-corrected chi connectivity index (χ4v) is 4.55. The van der Waals surface area contributed by atoms with Crippen molar-refractivity contribution in [1.29, 1.82) is 0 Å². The second kappa shape index (κ2) is 9.23. The number of nitrogens with zero attached hydrogens (tertiary/aromatic N) is 2. The molecule has 0 saturated carbocycles. The molecule has 0 atom stereocenters. The highest BCUT2D eigenvalue weighted by atomic mass is 35.5. The molecule has 2 heterocycles. The van der Waals surface area contributed by atoms with Crippen LogP contribution in [0.1, 0.15) is 30.9 Å². The lowest BCUT2D eigenvalue weighted by Crippen LogP contribution is -2.28. The molecule has 0 radical (unpaired) electrons. The Balaban J connectivity index is 1.62. The highest BCUT2D eigenvalue weighted by Crippen LogP contribution is 2.34. The number of nitrogens with one attached hydrogen (secondary N) is 1. The van der Waals surface area contributed by atoms with Gasteiger partial charge in [-0.3, -0.25) is 14.2 Å². The number of thiophene rings is 1. The van der Waals surface area contributed by atoms with E-state index in [1.54, 1.807) is 0 Å². The van der Waals surface area contributed by atoms with Crippen LogP contribution < -0.4 is 10.9 Å². The van der Waals surface area contributed by atoms with E-state index in [9.17, 15) is 22.8 Å². The molecule has 0 spiro atoms. The van der Waals surface area contributed by atoms with E-state index >= 15 is 0 Å². The highest BCUT2D eigenvalue weighted by Gasteiger charge is 2.31. The van der Waals surface area contributed by atoms with Crippen molar-refractivity contribution in [2.75, 3.05) is 5.32 Å². The minimum Gasteiger partial charge on any atom is -0.323 e. The quantitative estimate of drug-likeness (QED) is 0.334. The van der Waals surface area contributed by atoms with Gasteiger partial charge < -0.3 is 5.32 Å². The number of halogens is 4. The molecule has 10 heteroatoms. The average molecular weight is 506 g/mol. The van der Waals surface area contributed by atoms with Gasteiger partial charge in [-0.25, -0.2) is 4.98 Å². The minimum absolute atomic E-state index is 0.0489. The summed E-state index contributed by atoms with van der Waals surface area (Å²) in [6, 6.07) is 10.5. The number of amides is 1. The Hall–Kier alpha value is -3.17. The Morgan fingerprint density at radius 1 is 1.18 bits per heavy atom. The SMILES string of the molecule is CC(C)c1ccc(-c2csc3ncn(CC(=O)Nc4cc(C(F)(F)F)ccc4Cl)c(=O)c23)cc1. The normalized spacial score (nSPS) is 11.9. The number of aromatic nitrogens is 2. The summed E-state index contributed by atoms with van der Waals surface area (Å²) in [7, 11) is 0. The molecule has 176 valence electrons. The molecule has 0 aliphatic carbocycles. The van der Waals surface area contributed by atoms with Crippen molar-refractivity contribution in [2.24, 2.45) is 0 Å². The first-order valence-corrected chi connectivity index (χ1v) is 11.5. The van der Waals surface area contributed by atoms with Crippen LogP contribution in [0.25, 0.3) is 21.3 Å². The average Bonchev–Trinajstić information content (AvgIpc) is 3.21. The number of rotatable bonds is 5. The van der Waals surface area contributed by atoms with Gasteiger partial charge in [-0.2, -0.15) is 13.2 Å². The zero-order valence-electron chi connectivity index (χ0n) is 18.1. The summed E-state index contributed by atoms with van der Waals surface area (Å²) >= 11 is 7.27. The molecular weight excluding hydrogens is 487 g/mol. The maximum atomic E-state index is 13.2. The Bertz CT molecular complexity index is 1430. The van der Waals surface area contributed by atoms with Gasteiger partial charge in [0.05, 0.1) is 28.0 Å². The fraction of sp³-hybridized carbons (Fsp3) is 0.208. The molecule has 5 nitrogen and oxygen atoms in total. The largest absolute Gasteiger partial charge is 0.416 e. The van der Waals surface area contributed by atoms with E-state index in [4.69, 9.17) is 11.6 Å². The van der Waals surface area contributed by atoms with Crippen LogP contribution >= 0.6 is 22.9 Å². The number of alkyl halides is 3. The Kier molecular flexibility index (Phi) is 6.51. The van der Waals surface area contributed by atoms with Gasteiger partial charge in [0.25, 0.3) is 5.56 Å². The predicted molar refractivity (Wildman–Crippen MR) is 128 cm³/mol. The Morgan fingerprint density at radius 2 is 1.88 bits per heavy atom. The molecule has 2 aromatic carbocycles. The van der Waals surface area contributed by atoms with Gasteiger partial charge >= 0.3 is 6.18 Å². The van der Waals surface area contributed by atoms with Gasteiger partial charge in [0, 0.05) is 10.9 Å². The smallest absolute Gasteiger partial charge is 0.323 e. The summed E-state index contributed by atoms with van der Waals surface area (Å²) in [4.78, 5) is 30.5. The molecule has 4 rings (SSSR count). The number of benzene rings is 2. The van der Waals surface area contributed by atoms with Crippen LogP contribution in [-0.2, 0) is 17.5 Å². The number of hydrogen-bond acceptors (Lipinski definition) is 4. The number of fused-ring (bicyclic) bond motifs is 1. The molecule has 0 unspecified atom stereocenters. The monoisotopic (exact) mass is 505 g/mol. The number of carbonyl (C=O) groups is 1. The van der Waals surface area contributed by atoms with Crippen LogP contribution in [0.2, 0.25) is 5.02 Å². The standard InChI is InChI=1S/C24H19ClF3N3O2S/c1-13(2)14-3-5-15(6-4-14)17-11-34-22-21(17)23(33)31(12-29-22)10-20(32)30-19-9-16(24(26,27)28)7-8-18(19)25/h3-9,11-13H,10H2,1-2H3,(H,30,32). The van der Waals surface area contributed by atoms with E-state index < -0.39 is 29.8 Å². The number of anilines is 1. The molecule has 0 saturated heterocycles. The molecule has 2 aromatic heterocycles. The van der Waals surface area contributed by atoms with Gasteiger partial charge in [-0.15, -0.1) is 11.3 Å². The van der Waals surface area contributed by atoms with Crippen LogP contribution in [0.3, 0.4) is 0 Å². The highest BCUT2D eigenvalue weighted by molar-refractivity contribution is 7.17. The molecule has 0 fully saturated rings. The zero-order chi connectivity index (χ0) is 24.6. The van der Waals surface area contributed by atoms with Crippen molar-refractivity contribution >= 4 is 44.7 Å². The van der Waals surface area contributed by atoms with Crippen LogP contribution in [0.4, 0.5) is 18.9 Å². The van der Waals surface area contributed by atoms with Crippen molar-refractivity contribution in [3.05, 3.63) is 80.7 Å². The van der Waals surface area contributed by atoms with Gasteiger partial charge in [-0.1, -0.05) is 49.7 Å². The lowest BCUT2D eigenvalue weighted by Gasteiger charge is -2.12. The van der Waals surface area contributed by atoms with Crippen LogP contribution in [0, 0.1) is 0 Å². The summed E-state index contributed by atoms with van der Waals surface area (Å²) in [5.41, 5.74) is 1.18. The van der Waals surface area contributed by atoms with Gasteiger partial charge in [-0.05, 0) is 35.2 Å². The van der Waals surface area contributed by atoms with Crippen molar-refractivity contribution in [1.82, 2.24) is 9.55 Å². The first-order valence-electron chi connectivity index (χ1n) is 10.3. The zero-order valence-corrected chi connectivity index (χ0v) is 19.7. The molecule has 0 aliphatic rings. The van der Waals surface area contributed by atoms with E-state index in [1.807, 2.05) is 29.6 Å². The van der Waals surface area contributed by atoms with Gasteiger partial charge in [0.2, 0.25) is 5.91 Å². The second-order valence-corrected chi connectivity index (χ2v) is 9.29. The molecule has 34 heavy (non-hydrogen) atoms. The topological polar surface area (TPSA) is 64.0 Å². The third-order valence-corrected chi connectivity index (χ3v) is 6.55. The lowest BCUT2D eigenvalue weighted by atomic mass is 9.99. The van der Waals surface area contributed by atoms with Crippen LogP contribution in [0.5, 0.6) is 0 Å². The fourth-order valence-electron chi connectivity index (χ4n) is 3.48. The van der Waals surface area contributed by atoms with Crippen molar-refractivity contribution in [3.8, 4) is 11.1 Å². The van der Waals surface area contributed by atoms with E-state index in [1.165, 1.54) is 23.2 Å². The second-order valence-electron chi connectivity index (χ2n) is 8.02. The van der Waals surface area contributed by atoms with E-state index in [0.717, 1.165) is 28.3 Å². The van der Waals surface area contributed by atoms with Crippen LogP contribution in [0.15, 0.2) is 59.0 Å². The molecule has 0 aliphatic heterocycles. The van der Waals surface area contributed by atoms with Gasteiger partial charge in [0.1, 0.15) is 11.4 Å².